The molecule has 1 N–H and O–H groups in total. The number of amides is 2. The lowest BCUT2D eigenvalue weighted by Gasteiger charge is -2.43. The number of nitrogens with zero attached hydrogens (tertiary/aromatic N) is 4. The van der Waals surface area contributed by atoms with Gasteiger partial charge in [0.1, 0.15) is 5.75 Å². The Bertz CT molecular complexity index is 1350. The molecule has 0 aliphatic carbocycles. The number of piperidine rings is 2. The maximum absolute atomic E-state index is 14.9. The van der Waals surface area contributed by atoms with Gasteiger partial charge in [0.25, 0.3) is 11.8 Å². The Morgan fingerprint density at radius 2 is 1.70 bits per heavy atom. The van der Waals surface area contributed by atoms with Crippen LogP contribution in [0, 0.1) is 18.3 Å². The van der Waals surface area contributed by atoms with Crippen LogP contribution in [0.3, 0.4) is 0 Å². The summed E-state index contributed by atoms with van der Waals surface area (Å²) in [7, 11) is 3.52. The third-order valence-electron chi connectivity index (χ3n) is 9.52. The van der Waals surface area contributed by atoms with Crippen LogP contribution in [-0.2, 0) is 4.79 Å². The quantitative estimate of drug-likeness (QED) is 0.336. The molecule has 2 aromatic carbocycles. The third-order valence-corrected chi connectivity index (χ3v) is 9.52. The lowest BCUT2D eigenvalue weighted by Crippen LogP contribution is -2.50. The molecule has 2 aromatic rings. The van der Waals surface area contributed by atoms with Gasteiger partial charge in [0.2, 0.25) is 0 Å². The van der Waals surface area contributed by atoms with Crippen molar-refractivity contribution in [2.75, 3.05) is 56.7 Å². The van der Waals surface area contributed by atoms with E-state index in [9.17, 15) is 23.5 Å². The molecular formula is C33H44F2N4O4. The molecule has 0 saturated carbocycles. The molecule has 10 heteroatoms. The van der Waals surface area contributed by atoms with E-state index in [1.807, 2.05) is 19.1 Å². The zero-order chi connectivity index (χ0) is 31.2. The van der Waals surface area contributed by atoms with E-state index in [0.717, 1.165) is 49.2 Å². The Morgan fingerprint density at radius 3 is 2.30 bits per heavy atom. The molecule has 1 atom stereocenters. The smallest absolute Gasteiger partial charge is 0.385 e. The first-order valence-electron chi connectivity index (χ1n) is 15.3. The molecule has 3 aliphatic rings. The minimum Gasteiger partial charge on any atom is -0.494 e. The molecule has 0 bridgehead atoms. The number of anilines is 2. The predicted octanol–water partition coefficient (Wildman–Crippen LogP) is 5.13. The zero-order valence-corrected chi connectivity index (χ0v) is 25.9. The van der Waals surface area contributed by atoms with Crippen LogP contribution in [0.1, 0.15) is 61.9 Å². The highest BCUT2D eigenvalue weighted by Gasteiger charge is 2.85. The van der Waals surface area contributed by atoms with Crippen LogP contribution in [0.15, 0.2) is 42.5 Å². The van der Waals surface area contributed by atoms with Gasteiger partial charge < -0.3 is 24.5 Å². The number of hydrogen-bond donors (Lipinski definition) is 1. The molecule has 234 valence electrons. The summed E-state index contributed by atoms with van der Waals surface area (Å²) in [4.78, 5) is 31.5. The Labute approximate surface area is 253 Å². The maximum atomic E-state index is 14.9. The highest BCUT2D eigenvalue weighted by molar-refractivity contribution is 5.96. The monoisotopic (exact) mass is 598 g/mol. The van der Waals surface area contributed by atoms with E-state index in [2.05, 4.69) is 17.9 Å². The van der Waals surface area contributed by atoms with Crippen LogP contribution in [0.4, 0.5) is 20.2 Å². The molecule has 2 amide bonds. The number of halogens is 2. The molecule has 0 radical (unpaired) electrons. The van der Waals surface area contributed by atoms with Crippen LogP contribution in [0.5, 0.6) is 5.75 Å². The van der Waals surface area contributed by atoms with Crippen molar-refractivity contribution in [3.63, 3.8) is 0 Å². The normalized spacial score (nSPS) is 23.2. The summed E-state index contributed by atoms with van der Waals surface area (Å²) >= 11 is 0. The topological polar surface area (TPSA) is 76.3 Å². The molecule has 3 fully saturated rings. The lowest BCUT2D eigenvalue weighted by molar-refractivity contribution is -0.151. The highest BCUT2D eigenvalue weighted by Crippen LogP contribution is 2.57. The fourth-order valence-electron chi connectivity index (χ4n) is 6.84. The van der Waals surface area contributed by atoms with E-state index in [0.29, 0.717) is 49.1 Å². The fourth-order valence-corrected chi connectivity index (χ4v) is 6.84. The summed E-state index contributed by atoms with van der Waals surface area (Å²) in [6.45, 7) is 8.95. The molecule has 3 saturated heterocycles. The van der Waals surface area contributed by atoms with Crippen molar-refractivity contribution in [3.8, 4) is 5.75 Å². The highest BCUT2D eigenvalue weighted by atomic mass is 19.3. The van der Waals surface area contributed by atoms with Crippen LogP contribution >= 0.6 is 0 Å². The Morgan fingerprint density at radius 1 is 1.02 bits per heavy atom. The van der Waals surface area contributed by atoms with Crippen molar-refractivity contribution < 1.29 is 28.2 Å². The number of carbonyl (C=O) groups is 2. The van der Waals surface area contributed by atoms with E-state index in [-0.39, 0.29) is 17.0 Å². The van der Waals surface area contributed by atoms with E-state index in [1.165, 1.54) is 17.0 Å². The van der Waals surface area contributed by atoms with Gasteiger partial charge in [-0.05, 0) is 93.2 Å². The second-order valence-electron chi connectivity index (χ2n) is 12.9. The summed E-state index contributed by atoms with van der Waals surface area (Å²) in [5.74, 6) is 0.0162. The molecule has 43 heavy (non-hydrogen) atoms. The third kappa shape index (κ3) is 5.78. The molecular weight excluding hydrogens is 554 g/mol. The first-order valence-corrected chi connectivity index (χ1v) is 15.3. The number of likely N-dealkylation sites (tertiary alicyclic amines) is 1. The number of alkyl halides is 2. The largest absolute Gasteiger partial charge is 0.494 e. The van der Waals surface area contributed by atoms with Crippen LogP contribution in [-0.4, -0.2) is 85.4 Å². The standard InChI is InChI=1S/C33H44F2N4O4/c1-6-43-27-9-7-8-26(21-27)39-32(42,33(39,34)35)30(41)38-18-14-31(3,15-19-38)22-24-12-16-37(17-13-24)25-10-11-28(23(2)20-25)29(40)36(4)5/h7-11,20-21,24,42H,6,12-19,22H2,1-5H3/t32-,39?/m0/s1. The van der Waals surface area contributed by atoms with Crippen molar-refractivity contribution in [1.29, 1.82) is 0 Å². The predicted molar refractivity (Wildman–Crippen MR) is 163 cm³/mol. The number of carbonyl (C=O) groups excluding carboxylic acids is 2. The Hall–Kier alpha value is -3.40. The van der Waals surface area contributed by atoms with Crippen LogP contribution in [0.25, 0.3) is 0 Å². The molecule has 8 nitrogen and oxygen atoms in total. The molecule has 0 unspecified atom stereocenters. The zero-order valence-electron chi connectivity index (χ0n) is 25.9. The number of aryl methyl sites for hydroxylation is 1. The minimum absolute atomic E-state index is 0.00775. The van der Waals surface area contributed by atoms with Gasteiger partial charge in [-0.2, -0.15) is 8.78 Å². The lowest BCUT2D eigenvalue weighted by atomic mass is 9.71. The van der Waals surface area contributed by atoms with Gasteiger partial charge in [0.15, 0.2) is 0 Å². The van der Waals surface area contributed by atoms with Gasteiger partial charge in [-0.3, -0.25) is 14.5 Å². The second kappa shape index (κ2) is 11.6. The van der Waals surface area contributed by atoms with Crippen LogP contribution in [0.2, 0.25) is 0 Å². The average molecular weight is 599 g/mol. The summed E-state index contributed by atoms with van der Waals surface area (Å²) < 4.78 is 35.3. The number of aliphatic hydroxyl groups is 1. The van der Waals surface area contributed by atoms with Crippen molar-refractivity contribution in [2.45, 2.75) is 64.6 Å². The summed E-state index contributed by atoms with van der Waals surface area (Å²) in [5, 5.41) is 10.9. The SMILES string of the molecule is CCOc1cccc(N2C(F)(F)[C@@]2(O)C(=O)N2CCC(C)(CC3CCN(c4ccc(C(=O)N(C)C)c(C)c4)CC3)CC2)c1. The van der Waals surface area contributed by atoms with Gasteiger partial charge in [-0.25, -0.2) is 0 Å². The molecule has 0 spiro atoms. The Kier molecular flexibility index (Phi) is 8.37. The van der Waals surface area contributed by atoms with Crippen molar-refractivity contribution >= 4 is 23.2 Å². The van der Waals surface area contributed by atoms with E-state index in [4.69, 9.17) is 4.74 Å². The molecule has 3 aliphatic heterocycles. The van der Waals surface area contributed by atoms with Gasteiger partial charge in [0, 0.05) is 63.3 Å². The fraction of sp³-hybridized carbons (Fsp3) is 0.576. The second-order valence-corrected chi connectivity index (χ2v) is 12.9. The number of hydrogen-bond acceptors (Lipinski definition) is 6. The number of benzene rings is 2. The average Bonchev–Trinajstić information content (AvgIpc) is 3.45. The van der Waals surface area contributed by atoms with E-state index >= 15 is 0 Å². The van der Waals surface area contributed by atoms with Crippen molar-refractivity contribution in [3.05, 3.63) is 53.6 Å². The minimum atomic E-state index is -3.69. The van der Waals surface area contributed by atoms with E-state index in [1.54, 1.807) is 38.1 Å². The van der Waals surface area contributed by atoms with Crippen LogP contribution < -0.4 is 14.5 Å². The van der Waals surface area contributed by atoms with Gasteiger partial charge in [-0.15, -0.1) is 0 Å². The maximum Gasteiger partial charge on any atom is 0.385 e. The molecule has 5 rings (SSSR count). The number of rotatable bonds is 8. The molecule has 3 heterocycles. The molecule has 0 aromatic heterocycles. The summed E-state index contributed by atoms with van der Waals surface area (Å²) in [6.07, 6.45) is 4.55. The van der Waals surface area contributed by atoms with Gasteiger partial charge in [-0.1, -0.05) is 13.0 Å². The van der Waals surface area contributed by atoms with Crippen molar-refractivity contribution in [2.24, 2.45) is 11.3 Å². The Balaban J connectivity index is 1.14. The number of ether oxygens (including phenoxy) is 1. The summed E-state index contributed by atoms with van der Waals surface area (Å²) in [5.41, 5.74) is 0.0137. The van der Waals surface area contributed by atoms with Crippen molar-refractivity contribution in [1.82, 2.24) is 9.80 Å². The van der Waals surface area contributed by atoms with Gasteiger partial charge >= 0.3 is 11.8 Å². The van der Waals surface area contributed by atoms with E-state index < -0.39 is 17.7 Å². The first-order chi connectivity index (χ1) is 20.3. The first kappa shape index (κ1) is 31.0. The summed E-state index contributed by atoms with van der Waals surface area (Å²) in [6, 6.07) is 8.45. The van der Waals surface area contributed by atoms with Gasteiger partial charge in [0.05, 0.1) is 6.61 Å².